The third-order valence-electron chi connectivity index (χ3n) is 5.33. The van der Waals surface area contributed by atoms with Crippen molar-refractivity contribution in [3.8, 4) is 0 Å². The van der Waals surface area contributed by atoms with Gasteiger partial charge in [0, 0.05) is 29.3 Å². The van der Waals surface area contributed by atoms with Gasteiger partial charge in [-0.2, -0.15) is 0 Å². The number of amides is 1. The fraction of sp³-hybridized carbons (Fsp3) is 0.154. The number of carbonyl (C=O) groups excluding carboxylic acids is 2. The van der Waals surface area contributed by atoms with Gasteiger partial charge in [0.25, 0.3) is 0 Å². The highest BCUT2D eigenvalue weighted by atomic mass is 32.2. The lowest BCUT2D eigenvalue weighted by atomic mass is 10.2. The minimum absolute atomic E-state index is 0.0253. The number of sulfone groups is 1. The van der Waals surface area contributed by atoms with E-state index in [0.717, 1.165) is 0 Å². The average molecular weight is 495 g/mol. The first kappa shape index (κ1) is 24.2. The summed E-state index contributed by atoms with van der Waals surface area (Å²) < 4.78 is 46.6. The molecule has 4 aromatic rings. The largest absolute Gasteiger partial charge is 0.462 e. The second kappa shape index (κ2) is 10.1. The van der Waals surface area contributed by atoms with Gasteiger partial charge in [0.1, 0.15) is 11.6 Å². The Balaban J connectivity index is 1.54. The van der Waals surface area contributed by atoms with Crippen molar-refractivity contribution in [1.29, 1.82) is 0 Å². The highest BCUT2D eigenvalue weighted by Crippen LogP contribution is 2.27. The van der Waals surface area contributed by atoms with Crippen LogP contribution in [0.15, 0.2) is 83.9 Å². The van der Waals surface area contributed by atoms with Crippen LogP contribution in [0.3, 0.4) is 0 Å². The number of para-hydroxylation sites is 1. The molecule has 35 heavy (non-hydrogen) atoms. The normalized spacial score (nSPS) is 11.4. The Morgan fingerprint density at radius 2 is 1.74 bits per heavy atom. The van der Waals surface area contributed by atoms with Gasteiger partial charge in [0.15, 0.2) is 9.84 Å². The molecule has 7 nitrogen and oxygen atoms in total. The molecule has 180 valence electrons. The highest BCUT2D eigenvalue weighted by Gasteiger charge is 2.24. The highest BCUT2D eigenvalue weighted by molar-refractivity contribution is 7.92. The van der Waals surface area contributed by atoms with Crippen molar-refractivity contribution in [3.63, 3.8) is 0 Å². The second-order valence-corrected chi connectivity index (χ2v) is 9.83. The standard InChI is InChI=1S/C26H23FN2O5S/c1-2-34-26(31)19-10-12-21(13-11-19)28-25(30)17-35(32,33)24-16-29(23-9-4-3-8-22(23)24)15-18-6-5-7-20(27)14-18/h3-14,16H,2,15,17H2,1H3,(H,28,30). The SMILES string of the molecule is CCOC(=O)c1ccc(NC(=O)CS(=O)(=O)c2cn(Cc3cccc(F)c3)c3ccccc23)cc1. The number of ether oxygens (including phenoxy) is 1. The summed E-state index contributed by atoms with van der Waals surface area (Å²) in [5.41, 5.74) is 2.01. The monoisotopic (exact) mass is 494 g/mol. The number of hydrogen-bond donors (Lipinski definition) is 1. The van der Waals surface area contributed by atoms with E-state index in [1.54, 1.807) is 47.9 Å². The van der Waals surface area contributed by atoms with E-state index in [1.165, 1.54) is 42.6 Å². The Bertz CT molecular complexity index is 1490. The fourth-order valence-corrected chi connectivity index (χ4v) is 5.14. The van der Waals surface area contributed by atoms with E-state index in [1.807, 2.05) is 0 Å². The molecule has 0 aliphatic rings. The van der Waals surface area contributed by atoms with Crippen LogP contribution in [-0.4, -0.2) is 37.2 Å². The number of hydrogen-bond acceptors (Lipinski definition) is 5. The molecule has 0 fully saturated rings. The van der Waals surface area contributed by atoms with Gasteiger partial charge in [-0.1, -0.05) is 30.3 Å². The van der Waals surface area contributed by atoms with Gasteiger partial charge in [-0.05, 0) is 55.0 Å². The lowest BCUT2D eigenvalue weighted by molar-refractivity contribution is -0.113. The third kappa shape index (κ3) is 5.58. The molecule has 0 saturated heterocycles. The molecule has 0 bridgehead atoms. The molecule has 3 aromatic carbocycles. The third-order valence-corrected chi connectivity index (χ3v) is 6.97. The van der Waals surface area contributed by atoms with E-state index in [4.69, 9.17) is 4.74 Å². The number of nitrogens with zero attached hydrogens (tertiary/aromatic N) is 1. The first-order chi connectivity index (χ1) is 16.8. The molecule has 1 amide bonds. The van der Waals surface area contributed by atoms with Crippen LogP contribution >= 0.6 is 0 Å². The van der Waals surface area contributed by atoms with Gasteiger partial charge in [0.05, 0.1) is 17.1 Å². The summed E-state index contributed by atoms with van der Waals surface area (Å²) in [5.74, 6) is -2.34. The van der Waals surface area contributed by atoms with Gasteiger partial charge in [0.2, 0.25) is 5.91 Å². The van der Waals surface area contributed by atoms with E-state index >= 15 is 0 Å². The molecule has 4 rings (SSSR count). The summed E-state index contributed by atoms with van der Waals surface area (Å²) in [6.45, 7) is 2.21. The van der Waals surface area contributed by atoms with Crippen LogP contribution in [0.1, 0.15) is 22.8 Å². The van der Waals surface area contributed by atoms with Crippen LogP contribution in [0, 0.1) is 5.82 Å². The Labute approximate surface area is 202 Å². The van der Waals surface area contributed by atoms with Gasteiger partial charge in [-0.3, -0.25) is 4.79 Å². The van der Waals surface area contributed by atoms with Gasteiger partial charge in [-0.25, -0.2) is 17.6 Å². The van der Waals surface area contributed by atoms with Gasteiger partial charge < -0.3 is 14.6 Å². The summed E-state index contributed by atoms with van der Waals surface area (Å²) in [6, 6.07) is 19.0. The predicted octanol–water partition coefficient (Wildman–Crippen LogP) is 4.42. The molecule has 1 N–H and O–H groups in total. The van der Waals surface area contributed by atoms with Crippen molar-refractivity contribution in [1.82, 2.24) is 4.57 Å². The molecule has 0 atom stereocenters. The van der Waals surface area contributed by atoms with E-state index in [9.17, 15) is 22.4 Å². The van der Waals surface area contributed by atoms with Crippen molar-refractivity contribution in [2.75, 3.05) is 17.7 Å². The first-order valence-corrected chi connectivity index (χ1v) is 12.5. The first-order valence-electron chi connectivity index (χ1n) is 10.9. The fourth-order valence-electron chi connectivity index (χ4n) is 3.78. The smallest absolute Gasteiger partial charge is 0.338 e. The number of nitrogens with one attached hydrogen (secondary N) is 1. The minimum Gasteiger partial charge on any atom is -0.462 e. The predicted molar refractivity (Wildman–Crippen MR) is 131 cm³/mol. The molecule has 0 saturated carbocycles. The molecule has 1 heterocycles. The second-order valence-electron chi connectivity index (χ2n) is 7.87. The maximum atomic E-state index is 13.6. The number of fused-ring (bicyclic) bond motifs is 1. The minimum atomic E-state index is -4.00. The Kier molecular flexibility index (Phi) is 6.97. The Morgan fingerprint density at radius 1 is 1.00 bits per heavy atom. The van der Waals surface area contributed by atoms with Crippen molar-refractivity contribution >= 4 is 38.3 Å². The van der Waals surface area contributed by atoms with E-state index in [2.05, 4.69) is 5.32 Å². The lowest BCUT2D eigenvalue weighted by Crippen LogP contribution is -2.23. The molecule has 9 heteroatoms. The summed E-state index contributed by atoms with van der Waals surface area (Å²) in [7, 11) is -4.00. The molecular formula is C26H23FN2O5S. The molecule has 1 aromatic heterocycles. The molecule has 0 spiro atoms. The van der Waals surface area contributed by atoms with E-state index < -0.39 is 27.5 Å². The van der Waals surface area contributed by atoms with Crippen LogP contribution in [0.4, 0.5) is 10.1 Å². The number of benzene rings is 3. The Morgan fingerprint density at radius 3 is 2.46 bits per heavy atom. The van der Waals surface area contributed by atoms with E-state index in [0.29, 0.717) is 27.7 Å². The quantitative estimate of drug-likeness (QED) is 0.366. The topological polar surface area (TPSA) is 94.5 Å². The van der Waals surface area contributed by atoms with Crippen molar-refractivity contribution in [2.45, 2.75) is 18.4 Å². The van der Waals surface area contributed by atoms with Gasteiger partial charge in [-0.15, -0.1) is 0 Å². The van der Waals surface area contributed by atoms with E-state index in [-0.39, 0.29) is 23.9 Å². The van der Waals surface area contributed by atoms with Crippen LogP contribution in [-0.2, 0) is 25.9 Å². The number of carbonyl (C=O) groups is 2. The average Bonchev–Trinajstić information content (AvgIpc) is 3.19. The molecule has 0 aliphatic carbocycles. The maximum absolute atomic E-state index is 13.6. The molecule has 0 unspecified atom stereocenters. The van der Waals surface area contributed by atoms with Crippen LogP contribution in [0.5, 0.6) is 0 Å². The van der Waals surface area contributed by atoms with Crippen LogP contribution in [0.25, 0.3) is 10.9 Å². The number of halogens is 1. The van der Waals surface area contributed by atoms with Crippen molar-refractivity contribution < 1.29 is 27.1 Å². The number of anilines is 1. The molecule has 0 radical (unpaired) electrons. The molecule has 0 aliphatic heterocycles. The Hall–Kier alpha value is -3.98. The zero-order valence-corrected chi connectivity index (χ0v) is 19.7. The number of aromatic nitrogens is 1. The van der Waals surface area contributed by atoms with Crippen LogP contribution in [0.2, 0.25) is 0 Å². The summed E-state index contributed by atoms with van der Waals surface area (Å²) in [5, 5.41) is 3.03. The van der Waals surface area contributed by atoms with Gasteiger partial charge >= 0.3 is 5.97 Å². The summed E-state index contributed by atoms with van der Waals surface area (Å²) in [4.78, 5) is 24.3. The zero-order valence-electron chi connectivity index (χ0n) is 18.9. The number of rotatable bonds is 8. The lowest BCUT2D eigenvalue weighted by Gasteiger charge is -2.07. The van der Waals surface area contributed by atoms with Crippen molar-refractivity contribution in [3.05, 3.63) is 95.9 Å². The van der Waals surface area contributed by atoms with Crippen LogP contribution < -0.4 is 5.32 Å². The molecular weight excluding hydrogens is 471 g/mol. The summed E-state index contributed by atoms with van der Waals surface area (Å²) in [6.07, 6.45) is 1.48. The summed E-state index contributed by atoms with van der Waals surface area (Å²) >= 11 is 0. The maximum Gasteiger partial charge on any atom is 0.338 e. The number of esters is 1. The zero-order chi connectivity index (χ0) is 25.0. The van der Waals surface area contributed by atoms with Crippen molar-refractivity contribution in [2.24, 2.45) is 0 Å².